The molecule has 2 N–H and O–H groups in total. The number of sulfonamides is 1. The molecule has 2 aromatic carbocycles. The molecule has 150 valence electrons. The van der Waals surface area contributed by atoms with Gasteiger partial charge in [-0.1, -0.05) is 37.5 Å². The van der Waals surface area contributed by atoms with E-state index in [-0.39, 0.29) is 23.5 Å². The molecule has 0 aliphatic heterocycles. The lowest BCUT2D eigenvalue weighted by Gasteiger charge is -2.22. The molecule has 2 aromatic rings. The fourth-order valence-electron chi connectivity index (χ4n) is 3.32. The predicted octanol–water partition coefficient (Wildman–Crippen LogP) is 3.62. The van der Waals surface area contributed by atoms with E-state index in [9.17, 15) is 13.2 Å². The molecule has 0 spiro atoms. The van der Waals surface area contributed by atoms with E-state index >= 15 is 0 Å². The van der Waals surface area contributed by atoms with E-state index in [0.29, 0.717) is 17.0 Å². The average Bonchev–Trinajstić information content (AvgIpc) is 2.68. The van der Waals surface area contributed by atoms with Crippen LogP contribution in [0.15, 0.2) is 53.4 Å². The van der Waals surface area contributed by atoms with Crippen molar-refractivity contribution in [3.05, 3.63) is 54.1 Å². The molecule has 7 heteroatoms. The Labute approximate surface area is 166 Å². The van der Waals surface area contributed by atoms with Crippen LogP contribution in [0.1, 0.15) is 37.7 Å². The summed E-state index contributed by atoms with van der Waals surface area (Å²) in [6.07, 6.45) is 5.06. The molecule has 1 aliphatic rings. The summed E-state index contributed by atoms with van der Waals surface area (Å²) in [5, 5.41) is 2.74. The third-order valence-corrected chi connectivity index (χ3v) is 6.32. The Kier molecular flexibility index (Phi) is 6.70. The van der Waals surface area contributed by atoms with Gasteiger partial charge in [0.1, 0.15) is 5.75 Å². The second-order valence-electron chi connectivity index (χ2n) is 7.09. The number of hydrogen-bond donors (Lipinski definition) is 2. The van der Waals surface area contributed by atoms with Gasteiger partial charge in [-0.05, 0) is 55.7 Å². The Bertz CT molecular complexity index is 907. The molecule has 1 amide bonds. The average molecular weight is 403 g/mol. The summed E-state index contributed by atoms with van der Waals surface area (Å²) < 4.78 is 33.6. The van der Waals surface area contributed by atoms with Gasteiger partial charge in [0, 0.05) is 11.7 Å². The number of rotatable bonds is 7. The molecule has 0 unspecified atom stereocenters. The molecular weight excluding hydrogens is 376 g/mol. The van der Waals surface area contributed by atoms with Crippen molar-refractivity contribution in [1.82, 2.24) is 4.72 Å². The number of carbonyl (C=O) groups is 1. The Morgan fingerprint density at radius 1 is 1.07 bits per heavy atom. The number of carbonyl (C=O) groups excluding carboxylic acids is 1. The molecule has 0 atom stereocenters. The smallest absolute Gasteiger partial charge is 0.262 e. The lowest BCUT2D eigenvalue weighted by Crippen LogP contribution is -2.36. The van der Waals surface area contributed by atoms with Crippen LogP contribution in [0.2, 0.25) is 0 Å². The van der Waals surface area contributed by atoms with Crippen LogP contribution in [0, 0.1) is 6.92 Å². The van der Waals surface area contributed by atoms with Crippen molar-refractivity contribution in [2.45, 2.75) is 50.0 Å². The van der Waals surface area contributed by atoms with E-state index in [4.69, 9.17) is 4.74 Å². The number of nitrogens with one attached hydrogen (secondary N) is 2. The van der Waals surface area contributed by atoms with Crippen LogP contribution in [-0.2, 0) is 14.8 Å². The quantitative estimate of drug-likeness (QED) is 0.741. The summed E-state index contributed by atoms with van der Waals surface area (Å²) in [5.41, 5.74) is 1.36. The van der Waals surface area contributed by atoms with Crippen LogP contribution in [0.3, 0.4) is 0 Å². The zero-order valence-electron chi connectivity index (χ0n) is 16.0. The normalized spacial score (nSPS) is 15.2. The number of benzene rings is 2. The maximum absolute atomic E-state index is 12.6. The van der Waals surface area contributed by atoms with Crippen LogP contribution in [0.4, 0.5) is 5.69 Å². The molecular formula is C21H26N2O4S. The molecule has 28 heavy (non-hydrogen) atoms. The number of para-hydroxylation sites is 1. The highest BCUT2D eigenvalue weighted by molar-refractivity contribution is 7.89. The van der Waals surface area contributed by atoms with Crippen LogP contribution in [0.5, 0.6) is 5.75 Å². The highest BCUT2D eigenvalue weighted by Gasteiger charge is 2.22. The Morgan fingerprint density at radius 3 is 2.46 bits per heavy atom. The highest BCUT2D eigenvalue weighted by Crippen LogP contribution is 2.24. The van der Waals surface area contributed by atoms with Crippen LogP contribution in [-0.4, -0.2) is 27.0 Å². The number of aryl methyl sites for hydroxylation is 1. The van der Waals surface area contributed by atoms with E-state index in [2.05, 4.69) is 10.0 Å². The minimum absolute atomic E-state index is 0.0108. The minimum atomic E-state index is -3.56. The molecule has 1 aliphatic carbocycles. The second-order valence-corrected chi connectivity index (χ2v) is 8.80. The van der Waals surface area contributed by atoms with Gasteiger partial charge >= 0.3 is 0 Å². The number of ether oxygens (including phenoxy) is 1. The largest absolute Gasteiger partial charge is 0.483 e. The van der Waals surface area contributed by atoms with E-state index in [1.54, 1.807) is 31.2 Å². The summed E-state index contributed by atoms with van der Waals surface area (Å²) in [7, 11) is -3.56. The van der Waals surface area contributed by atoms with Crippen molar-refractivity contribution < 1.29 is 17.9 Å². The third-order valence-electron chi connectivity index (χ3n) is 4.80. The molecule has 0 saturated heterocycles. The fourth-order valence-corrected chi connectivity index (χ4v) is 4.71. The summed E-state index contributed by atoms with van der Waals surface area (Å²) in [5.74, 6) is 0.209. The molecule has 0 aromatic heterocycles. The molecule has 0 bridgehead atoms. The first-order chi connectivity index (χ1) is 13.4. The van der Waals surface area contributed by atoms with Crippen LogP contribution < -0.4 is 14.8 Å². The molecule has 1 fully saturated rings. The lowest BCUT2D eigenvalue weighted by atomic mass is 9.96. The molecule has 1 saturated carbocycles. The van der Waals surface area contributed by atoms with Gasteiger partial charge in [0.15, 0.2) is 6.61 Å². The Hall–Kier alpha value is -2.38. The number of hydrogen-bond acceptors (Lipinski definition) is 4. The second kappa shape index (κ2) is 9.21. The van der Waals surface area contributed by atoms with E-state index in [0.717, 1.165) is 25.7 Å². The monoisotopic (exact) mass is 402 g/mol. The van der Waals surface area contributed by atoms with Gasteiger partial charge in [0.05, 0.1) is 4.90 Å². The van der Waals surface area contributed by atoms with Gasteiger partial charge in [-0.3, -0.25) is 4.79 Å². The minimum Gasteiger partial charge on any atom is -0.483 e. The first-order valence-electron chi connectivity index (χ1n) is 9.55. The Morgan fingerprint density at radius 2 is 1.79 bits per heavy atom. The van der Waals surface area contributed by atoms with E-state index in [1.807, 2.05) is 18.2 Å². The van der Waals surface area contributed by atoms with Gasteiger partial charge in [-0.15, -0.1) is 0 Å². The standard InChI is InChI=1S/C21H26N2O4S/c1-16-14-19(28(25,26)23-18-10-6-3-7-11-18)12-13-20(16)27-15-21(24)22-17-8-4-2-5-9-17/h2,4-5,8-9,12-14,18,23H,3,6-7,10-11,15H2,1H3,(H,22,24). The molecule has 6 nitrogen and oxygen atoms in total. The van der Waals surface area contributed by atoms with Crippen molar-refractivity contribution in [1.29, 1.82) is 0 Å². The Balaban J connectivity index is 1.59. The van der Waals surface area contributed by atoms with Gasteiger partial charge in [-0.2, -0.15) is 0 Å². The zero-order chi connectivity index (χ0) is 20.0. The van der Waals surface area contributed by atoms with Crippen LogP contribution in [0.25, 0.3) is 0 Å². The van der Waals surface area contributed by atoms with Crippen molar-refractivity contribution in [3.8, 4) is 5.75 Å². The maximum atomic E-state index is 12.6. The van der Waals surface area contributed by atoms with Gasteiger partial charge < -0.3 is 10.1 Å². The lowest BCUT2D eigenvalue weighted by molar-refractivity contribution is -0.118. The van der Waals surface area contributed by atoms with Crippen LogP contribution >= 0.6 is 0 Å². The van der Waals surface area contributed by atoms with E-state index < -0.39 is 10.0 Å². The molecule has 0 heterocycles. The summed E-state index contributed by atoms with van der Waals surface area (Å²) in [4.78, 5) is 12.2. The topological polar surface area (TPSA) is 84.5 Å². The van der Waals surface area contributed by atoms with Crippen molar-refractivity contribution in [2.24, 2.45) is 0 Å². The predicted molar refractivity (Wildman–Crippen MR) is 109 cm³/mol. The number of amides is 1. The van der Waals surface area contributed by atoms with E-state index in [1.165, 1.54) is 12.5 Å². The van der Waals surface area contributed by atoms with Crippen molar-refractivity contribution in [2.75, 3.05) is 11.9 Å². The SMILES string of the molecule is Cc1cc(S(=O)(=O)NC2CCCCC2)ccc1OCC(=O)Nc1ccccc1. The fraction of sp³-hybridized carbons (Fsp3) is 0.381. The maximum Gasteiger partial charge on any atom is 0.262 e. The first-order valence-corrected chi connectivity index (χ1v) is 11.0. The summed E-state index contributed by atoms with van der Waals surface area (Å²) >= 11 is 0. The van der Waals surface area contributed by atoms with Crippen molar-refractivity contribution >= 4 is 21.6 Å². The zero-order valence-corrected chi connectivity index (χ0v) is 16.8. The number of anilines is 1. The third kappa shape index (κ3) is 5.56. The summed E-state index contributed by atoms with van der Waals surface area (Å²) in [6.45, 7) is 1.62. The molecule has 3 rings (SSSR count). The van der Waals surface area contributed by atoms with Crippen molar-refractivity contribution in [3.63, 3.8) is 0 Å². The first kappa shape index (κ1) is 20.4. The van der Waals surface area contributed by atoms with Gasteiger partial charge in [-0.25, -0.2) is 13.1 Å². The highest BCUT2D eigenvalue weighted by atomic mass is 32.2. The summed E-state index contributed by atoms with van der Waals surface area (Å²) in [6, 6.07) is 13.8. The van der Waals surface area contributed by atoms with Gasteiger partial charge in [0.25, 0.3) is 5.91 Å². The van der Waals surface area contributed by atoms with Gasteiger partial charge in [0.2, 0.25) is 10.0 Å². The molecule has 0 radical (unpaired) electrons.